The summed E-state index contributed by atoms with van der Waals surface area (Å²) in [4.78, 5) is 20.8. The standard InChI is InChI=1S/C28H34BFN8O3/c1-6-9-41-16-37-14-23(29)34-25(37)15-38(27-17(2)21(39-4)10-22(40-5)26(27)30)24-8-7-19-28(35-24)33-20(12-31-19)18-11-32-36(3)13-18/h7-8,10-14,17,21H,6,9,15-16,29H2,1-5H3. The van der Waals surface area contributed by atoms with Gasteiger partial charge in [0.2, 0.25) is 0 Å². The van der Waals surface area contributed by atoms with Gasteiger partial charge in [0.1, 0.15) is 23.9 Å². The van der Waals surface area contributed by atoms with E-state index in [1.54, 1.807) is 30.3 Å². The van der Waals surface area contributed by atoms with Crippen LogP contribution in [0.3, 0.4) is 0 Å². The number of fused-ring (bicyclic) bond motifs is 1. The first kappa shape index (κ1) is 28.4. The van der Waals surface area contributed by atoms with E-state index >= 15 is 4.39 Å². The molecule has 0 radical (unpaired) electrons. The third-order valence-corrected chi connectivity index (χ3v) is 6.99. The highest BCUT2D eigenvalue weighted by atomic mass is 19.1. The summed E-state index contributed by atoms with van der Waals surface area (Å²) in [5.74, 6) is 0.458. The molecule has 2 atom stereocenters. The molecule has 13 heteroatoms. The Hall–Kier alpha value is -4.10. The first-order valence-electron chi connectivity index (χ1n) is 13.5. The smallest absolute Gasteiger partial charge is 0.184 e. The maximum atomic E-state index is 16.1. The Bertz CT molecular complexity index is 1600. The van der Waals surface area contributed by atoms with Crippen LogP contribution in [0.15, 0.2) is 60.3 Å². The van der Waals surface area contributed by atoms with Gasteiger partial charge in [0.05, 0.1) is 43.5 Å². The molecular weight excluding hydrogens is 526 g/mol. The van der Waals surface area contributed by atoms with Crippen molar-refractivity contribution in [2.24, 2.45) is 13.0 Å². The number of nitrogens with zero attached hydrogens (tertiary/aromatic N) is 8. The van der Waals surface area contributed by atoms with Gasteiger partial charge in [0.15, 0.2) is 25.1 Å². The fourth-order valence-electron chi connectivity index (χ4n) is 4.95. The molecule has 0 N–H and O–H groups in total. The number of allylic oxidation sites excluding steroid dienone is 1. The van der Waals surface area contributed by atoms with Crippen molar-refractivity contribution in [3.8, 4) is 11.3 Å². The number of pyridine rings is 1. The lowest BCUT2D eigenvalue weighted by atomic mass is 9.92. The monoisotopic (exact) mass is 560 g/mol. The van der Waals surface area contributed by atoms with E-state index in [1.807, 2.05) is 55.8 Å². The number of anilines is 1. The van der Waals surface area contributed by atoms with Gasteiger partial charge in [-0.15, -0.1) is 0 Å². The van der Waals surface area contributed by atoms with Gasteiger partial charge in [-0.1, -0.05) is 13.8 Å². The topological polar surface area (TPSA) is 105 Å². The lowest BCUT2D eigenvalue weighted by molar-refractivity contribution is 0.0754. The minimum Gasteiger partial charge on any atom is -0.494 e. The van der Waals surface area contributed by atoms with Crippen LogP contribution in [0, 0.1) is 5.92 Å². The van der Waals surface area contributed by atoms with Crippen LogP contribution in [0.1, 0.15) is 26.1 Å². The molecule has 4 heterocycles. The summed E-state index contributed by atoms with van der Waals surface area (Å²) in [7, 11) is 6.81. The number of imidazole rings is 1. The van der Waals surface area contributed by atoms with Crippen molar-refractivity contribution in [1.82, 2.24) is 34.3 Å². The van der Waals surface area contributed by atoms with Crippen molar-refractivity contribution in [2.75, 3.05) is 25.7 Å². The van der Waals surface area contributed by atoms with Crippen molar-refractivity contribution in [2.45, 2.75) is 39.6 Å². The van der Waals surface area contributed by atoms with E-state index in [0.717, 1.165) is 17.6 Å². The number of rotatable bonds is 11. The molecule has 0 fully saturated rings. The van der Waals surface area contributed by atoms with E-state index < -0.39 is 11.9 Å². The van der Waals surface area contributed by atoms with Crippen molar-refractivity contribution >= 4 is 30.4 Å². The summed E-state index contributed by atoms with van der Waals surface area (Å²) in [5.41, 5.74) is 3.71. The van der Waals surface area contributed by atoms with Gasteiger partial charge in [-0.2, -0.15) is 5.10 Å². The first-order chi connectivity index (χ1) is 19.8. The number of hydrogen-bond donors (Lipinski definition) is 0. The van der Waals surface area contributed by atoms with Crippen LogP contribution in [-0.2, 0) is 34.5 Å². The zero-order valence-electron chi connectivity index (χ0n) is 24.2. The molecule has 2 unspecified atom stereocenters. The minimum atomic E-state index is -0.484. The zero-order valence-corrected chi connectivity index (χ0v) is 24.2. The van der Waals surface area contributed by atoms with Crippen LogP contribution < -0.4 is 10.5 Å². The quantitative estimate of drug-likeness (QED) is 0.202. The van der Waals surface area contributed by atoms with Crippen LogP contribution in [0.2, 0.25) is 0 Å². The normalized spacial score (nSPS) is 17.3. The number of ether oxygens (including phenoxy) is 3. The van der Waals surface area contributed by atoms with Gasteiger partial charge in [0.25, 0.3) is 0 Å². The second-order valence-electron chi connectivity index (χ2n) is 9.99. The summed E-state index contributed by atoms with van der Waals surface area (Å²) in [6, 6.07) is 3.65. The second kappa shape index (κ2) is 12.2. The highest BCUT2D eigenvalue weighted by Gasteiger charge is 2.35. The van der Waals surface area contributed by atoms with Crippen LogP contribution in [0.5, 0.6) is 0 Å². The molecule has 0 saturated heterocycles. The molecule has 41 heavy (non-hydrogen) atoms. The molecule has 0 saturated carbocycles. The average molecular weight is 560 g/mol. The number of hydrogen-bond acceptors (Lipinski definition) is 9. The molecule has 0 bridgehead atoms. The van der Waals surface area contributed by atoms with Crippen LogP contribution >= 0.6 is 0 Å². The minimum absolute atomic E-state index is 0.111. The largest absolute Gasteiger partial charge is 0.494 e. The number of aryl methyl sites for hydroxylation is 1. The Morgan fingerprint density at radius 1 is 1.12 bits per heavy atom. The summed E-state index contributed by atoms with van der Waals surface area (Å²) in [6.07, 6.45) is 9.36. The van der Waals surface area contributed by atoms with E-state index in [2.05, 4.69) is 17.0 Å². The van der Waals surface area contributed by atoms with Crippen molar-refractivity contribution in [3.63, 3.8) is 0 Å². The summed E-state index contributed by atoms with van der Waals surface area (Å²) in [5, 5.41) is 4.23. The van der Waals surface area contributed by atoms with E-state index in [4.69, 9.17) is 29.2 Å². The molecule has 1 aliphatic carbocycles. The fourth-order valence-corrected chi connectivity index (χ4v) is 4.95. The number of aromatic nitrogens is 7. The second-order valence-corrected chi connectivity index (χ2v) is 9.99. The van der Waals surface area contributed by atoms with E-state index in [1.165, 1.54) is 7.11 Å². The van der Waals surface area contributed by atoms with Gasteiger partial charge in [-0.3, -0.25) is 9.67 Å². The van der Waals surface area contributed by atoms with Crippen molar-refractivity contribution in [3.05, 3.63) is 66.1 Å². The molecular formula is C28H34BFN8O3. The van der Waals surface area contributed by atoms with E-state index in [9.17, 15) is 0 Å². The highest BCUT2D eigenvalue weighted by molar-refractivity contribution is 6.30. The highest BCUT2D eigenvalue weighted by Crippen LogP contribution is 2.38. The number of methoxy groups -OCH3 is 2. The summed E-state index contributed by atoms with van der Waals surface area (Å²) < 4.78 is 36.7. The predicted molar refractivity (Wildman–Crippen MR) is 156 cm³/mol. The van der Waals surface area contributed by atoms with Crippen LogP contribution in [-0.4, -0.2) is 69.1 Å². The van der Waals surface area contributed by atoms with Gasteiger partial charge < -0.3 is 23.7 Å². The molecule has 0 aromatic carbocycles. The maximum absolute atomic E-state index is 16.1. The van der Waals surface area contributed by atoms with E-state index in [-0.39, 0.29) is 18.2 Å². The predicted octanol–water partition coefficient (Wildman–Crippen LogP) is 2.65. The van der Waals surface area contributed by atoms with Gasteiger partial charge in [-0.05, 0) is 24.6 Å². The first-order valence-corrected chi connectivity index (χ1v) is 13.5. The number of halogens is 1. The molecule has 0 amide bonds. The van der Waals surface area contributed by atoms with Crippen LogP contribution in [0.25, 0.3) is 22.4 Å². The SMILES string of the molecule is Bc1cn(COCCC)c(CN(C2=C(F)C(OC)=CC(OC)C2C)c2ccc3ncc(-c4cnn(C)c4)nc3n2)n1. The Morgan fingerprint density at radius 3 is 2.66 bits per heavy atom. The third kappa shape index (κ3) is 5.86. The summed E-state index contributed by atoms with van der Waals surface area (Å²) in [6.45, 7) is 5.16. The molecule has 4 aromatic rings. The molecule has 4 aromatic heterocycles. The Balaban J connectivity index is 1.63. The Morgan fingerprint density at radius 2 is 1.95 bits per heavy atom. The molecule has 5 rings (SSSR count). The zero-order chi connectivity index (χ0) is 29.1. The Kier molecular flexibility index (Phi) is 8.45. The van der Waals surface area contributed by atoms with Crippen LogP contribution in [0.4, 0.5) is 10.2 Å². The Labute approximate surface area is 239 Å². The van der Waals surface area contributed by atoms with E-state index in [0.29, 0.717) is 47.5 Å². The average Bonchev–Trinajstić information content (AvgIpc) is 3.56. The molecule has 0 spiro atoms. The van der Waals surface area contributed by atoms with Gasteiger partial charge in [0, 0.05) is 50.2 Å². The van der Waals surface area contributed by atoms with Crippen molar-refractivity contribution < 1.29 is 18.6 Å². The molecule has 0 aliphatic heterocycles. The fraction of sp³-hybridized carbons (Fsp3) is 0.393. The van der Waals surface area contributed by atoms with Gasteiger partial charge in [-0.25, -0.2) is 19.3 Å². The summed E-state index contributed by atoms with van der Waals surface area (Å²) >= 11 is 0. The lowest BCUT2D eigenvalue weighted by Crippen LogP contribution is -2.36. The lowest BCUT2D eigenvalue weighted by Gasteiger charge is -2.35. The molecule has 11 nitrogen and oxygen atoms in total. The third-order valence-electron chi connectivity index (χ3n) is 6.99. The van der Waals surface area contributed by atoms with Crippen molar-refractivity contribution in [1.29, 1.82) is 0 Å². The molecule has 214 valence electrons. The molecule has 1 aliphatic rings. The van der Waals surface area contributed by atoms with Gasteiger partial charge >= 0.3 is 0 Å². The maximum Gasteiger partial charge on any atom is 0.184 e.